The maximum Gasteiger partial charge on any atom is 0.245 e. The summed E-state index contributed by atoms with van der Waals surface area (Å²) >= 11 is 5.92. The maximum atomic E-state index is 12.4. The molecule has 1 heterocycles. The lowest BCUT2D eigenvalue weighted by Crippen LogP contribution is -2.40. The lowest BCUT2D eigenvalue weighted by Gasteiger charge is -2.29. The summed E-state index contributed by atoms with van der Waals surface area (Å²) in [5.41, 5.74) is -0.586. The topological polar surface area (TPSA) is 71.3 Å². The van der Waals surface area contributed by atoms with E-state index in [9.17, 15) is 10.1 Å². The molecular formula is C14H15ClN2O3. The molecule has 0 aliphatic carbocycles. The van der Waals surface area contributed by atoms with Crippen LogP contribution in [0.25, 0.3) is 0 Å². The molecule has 5 nitrogen and oxygen atoms in total. The van der Waals surface area contributed by atoms with Crippen molar-refractivity contribution in [2.75, 3.05) is 25.6 Å². The van der Waals surface area contributed by atoms with Crippen LogP contribution in [0.1, 0.15) is 12.8 Å². The standard InChI is InChI=1S/C14H15ClN2O3/c1-19-12-3-2-10(15)8-11(12)17-13(18)14(9-16)4-6-20-7-5-14/h2-3,8H,4-7H2,1H3,(H,17,18). The van der Waals surface area contributed by atoms with Crippen LogP contribution in [0.3, 0.4) is 0 Å². The number of nitrogens with zero attached hydrogens (tertiary/aromatic N) is 1. The molecule has 0 saturated carbocycles. The molecular weight excluding hydrogens is 280 g/mol. The molecule has 0 spiro atoms. The molecule has 6 heteroatoms. The van der Waals surface area contributed by atoms with Crippen molar-refractivity contribution in [1.29, 1.82) is 5.26 Å². The van der Waals surface area contributed by atoms with Gasteiger partial charge in [-0.2, -0.15) is 5.26 Å². The molecule has 1 fully saturated rings. The quantitative estimate of drug-likeness (QED) is 0.930. The van der Waals surface area contributed by atoms with E-state index in [0.29, 0.717) is 42.5 Å². The lowest BCUT2D eigenvalue weighted by atomic mass is 9.81. The molecule has 1 aliphatic rings. The number of halogens is 1. The molecule has 1 aliphatic heterocycles. The molecule has 0 radical (unpaired) electrons. The highest BCUT2D eigenvalue weighted by molar-refractivity contribution is 6.31. The fourth-order valence-corrected chi connectivity index (χ4v) is 2.30. The highest BCUT2D eigenvalue weighted by atomic mass is 35.5. The van der Waals surface area contributed by atoms with Gasteiger partial charge in [-0.25, -0.2) is 0 Å². The van der Waals surface area contributed by atoms with E-state index in [1.165, 1.54) is 7.11 Å². The van der Waals surface area contributed by atoms with Gasteiger partial charge >= 0.3 is 0 Å². The second kappa shape index (κ2) is 6.12. The van der Waals surface area contributed by atoms with Crippen molar-refractivity contribution >= 4 is 23.2 Å². The van der Waals surface area contributed by atoms with Gasteiger partial charge in [0.05, 0.1) is 18.9 Å². The Morgan fingerprint density at radius 3 is 2.80 bits per heavy atom. The minimum absolute atomic E-state index is 0.344. The predicted octanol–water partition coefficient (Wildman–Crippen LogP) is 2.61. The van der Waals surface area contributed by atoms with Gasteiger partial charge in [-0.05, 0) is 31.0 Å². The summed E-state index contributed by atoms with van der Waals surface area (Å²) in [6, 6.07) is 7.06. The van der Waals surface area contributed by atoms with Gasteiger partial charge in [0.15, 0.2) is 0 Å². The molecule has 1 N–H and O–H groups in total. The average molecular weight is 295 g/mol. The summed E-state index contributed by atoms with van der Waals surface area (Å²) < 4.78 is 10.4. The molecule has 1 saturated heterocycles. The highest BCUT2D eigenvalue weighted by Gasteiger charge is 2.40. The van der Waals surface area contributed by atoms with Crippen LogP contribution in [0.15, 0.2) is 18.2 Å². The fourth-order valence-electron chi connectivity index (χ4n) is 2.13. The van der Waals surface area contributed by atoms with Gasteiger partial charge in [-0.1, -0.05) is 11.6 Å². The number of carbonyl (C=O) groups is 1. The fraction of sp³-hybridized carbons (Fsp3) is 0.429. The Balaban J connectivity index is 2.23. The number of anilines is 1. The Labute approximate surface area is 122 Å². The first-order chi connectivity index (χ1) is 9.61. The van der Waals surface area contributed by atoms with E-state index >= 15 is 0 Å². The monoisotopic (exact) mass is 294 g/mol. The van der Waals surface area contributed by atoms with Crippen LogP contribution in [-0.4, -0.2) is 26.2 Å². The van der Waals surface area contributed by atoms with Gasteiger partial charge in [0.25, 0.3) is 0 Å². The summed E-state index contributed by atoms with van der Waals surface area (Å²) in [7, 11) is 1.51. The van der Waals surface area contributed by atoms with Crippen molar-refractivity contribution in [2.45, 2.75) is 12.8 Å². The zero-order valence-electron chi connectivity index (χ0n) is 11.1. The molecule has 0 atom stereocenters. The number of benzene rings is 1. The Morgan fingerprint density at radius 1 is 1.50 bits per heavy atom. The van der Waals surface area contributed by atoms with Gasteiger partial charge in [0, 0.05) is 18.2 Å². The summed E-state index contributed by atoms with van der Waals surface area (Å²) in [5, 5.41) is 12.6. The second-order valence-electron chi connectivity index (χ2n) is 4.61. The van der Waals surface area contributed by atoms with Crippen LogP contribution in [-0.2, 0) is 9.53 Å². The molecule has 106 valence electrons. The van der Waals surface area contributed by atoms with Crippen LogP contribution < -0.4 is 10.1 Å². The number of hydrogen-bond acceptors (Lipinski definition) is 4. The first-order valence-corrected chi connectivity index (χ1v) is 6.63. The zero-order chi connectivity index (χ0) is 14.6. The molecule has 1 amide bonds. The summed E-state index contributed by atoms with van der Waals surface area (Å²) in [6.07, 6.45) is 0.774. The number of nitriles is 1. The van der Waals surface area contributed by atoms with E-state index in [4.69, 9.17) is 21.1 Å². The Morgan fingerprint density at radius 2 is 2.20 bits per heavy atom. The Bertz CT molecular complexity index is 548. The maximum absolute atomic E-state index is 12.4. The van der Waals surface area contributed by atoms with Crippen LogP contribution in [0.4, 0.5) is 5.69 Å². The minimum atomic E-state index is -1.05. The summed E-state index contributed by atoms with van der Waals surface area (Å²) in [4.78, 5) is 12.4. The lowest BCUT2D eigenvalue weighted by molar-refractivity contribution is -0.126. The van der Waals surface area contributed by atoms with Crippen LogP contribution in [0.2, 0.25) is 5.02 Å². The van der Waals surface area contributed by atoms with Crippen LogP contribution in [0, 0.1) is 16.7 Å². The third-order valence-electron chi connectivity index (χ3n) is 3.40. The molecule has 1 aromatic rings. The van der Waals surface area contributed by atoms with Crippen molar-refractivity contribution in [2.24, 2.45) is 5.41 Å². The van der Waals surface area contributed by atoms with E-state index in [1.54, 1.807) is 18.2 Å². The minimum Gasteiger partial charge on any atom is -0.495 e. The smallest absolute Gasteiger partial charge is 0.245 e. The van der Waals surface area contributed by atoms with E-state index in [-0.39, 0.29) is 5.91 Å². The Kier molecular flexibility index (Phi) is 4.48. The normalized spacial score (nSPS) is 17.1. The third kappa shape index (κ3) is 2.87. The van der Waals surface area contributed by atoms with Gasteiger partial charge in [-0.15, -0.1) is 0 Å². The number of hydrogen-bond donors (Lipinski definition) is 1. The van der Waals surface area contributed by atoms with Crippen LogP contribution >= 0.6 is 11.6 Å². The predicted molar refractivity (Wildman–Crippen MR) is 74.7 cm³/mol. The molecule has 0 bridgehead atoms. The number of carbonyl (C=O) groups excluding carboxylic acids is 1. The van der Waals surface area contributed by atoms with Crippen molar-refractivity contribution in [3.8, 4) is 11.8 Å². The molecule has 0 aromatic heterocycles. The molecule has 0 unspecified atom stereocenters. The molecule has 20 heavy (non-hydrogen) atoms. The molecule has 1 aromatic carbocycles. The average Bonchev–Trinajstić information content (AvgIpc) is 2.48. The van der Waals surface area contributed by atoms with Crippen molar-refractivity contribution in [1.82, 2.24) is 0 Å². The zero-order valence-corrected chi connectivity index (χ0v) is 11.9. The largest absolute Gasteiger partial charge is 0.495 e. The second-order valence-corrected chi connectivity index (χ2v) is 5.04. The van der Waals surface area contributed by atoms with E-state index in [0.717, 1.165) is 0 Å². The highest BCUT2D eigenvalue weighted by Crippen LogP contribution is 2.34. The summed E-state index contributed by atoms with van der Waals surface area (Å²) in [5.74, 6) is 0.159. The van der Waals surface area contributed by atoms with Gasteiger partial charge in [0.1, 0.15) is 11.2 Å². The summed E-state index contributed by atoms with van der Waals surface area (Å²) in [6.45, 7) is 0.821. The number of amides is 1. The van der Waals surface area contributed by atoms with Crippen LogP contribution in [0.5, 0.6) is 5.75 Å². The van der Waals surface area contributed by atoms with E-state index < -0.39 is 5.41 Å². The molecule has 2 rings (SSSR count). The number of nitrogens with one attached hydrogen (secondary N) is 1. The van der Waals surface area contributed by atoms with Crippen molar-refractivity contribution in [3.05, 3.63) is 23.2 Å². The van der Waals surface area contributed by atoms with Gasteiger partial charge in [-0.3, -0.25) is 4.79 Å². The Hall–Kier alpha value is -1.77. The van der Waals surface area contributed by atoms with Gasteiger partial charge in [0.2, 0.25) is 5.91 Å². The van der Waals surface area contributed by atoms with Gasteiger partial charge < -0.3 is 14.8 Å². The van der Waals surface area contributed by atoms with E-state index in [1.807, 2.05) is 0 Å². The van der Waals surface area contributed by atoms with E-state index in [2.05, 4.69) is 11.4 Å². The number of ether oxygens (including phenoxy) is 2. The SMILES string of the molecule is COc1ccc(Cl)cc1NC(=O)C1(C#N)CCOCC1. The first kappa shape index (κ1) is 14.6. The van der Waals surface area contributed by atoms with Crippen molar-refractivity contribution in [3.63, 3.8) is 0 Å². The number of rotatable bonds is 3. The first-order valence-electron chi connectivity index (χ1n) is 6.25. The number of methoxy groups -OCH3 is 1. The third-order valence-corrected chi connectivity index (χ3v) is 3.64. The van der Waals surface area contributed by atoms with Crippen molar-refractivity contribution < 1.29 is 14.3 Å².